The Labute approximate surface area is 322 Å². The maximum Gasteiger partial charge on any atom is 0.410 e. The van der Waals surface area contributed by atoms with E-state index in [0.29, 0.717) is 21.2 Å². The van der Waals surface area contributed by atoms with Crippen LogP contribution in [0, 0.1) is 11.3 Å². The highest BCUT2D eigenvalue weighted by atomic mass is 35.5. The lowest BCUT2D eigenvalue weighted by atomic mass is 9.93. The molecular formula is C40H35ClN6O5S2. The summed E-state index contributed by atoms with van der Waals surface area (Å²) in [6.45, 7) is 6.99. The Balaban J connectivity index is 1.16. The first-order chi connectivity index (χ1) is 25.8. The maximum atomic E-state index is 13.8. The lowest BCUT2D eigenvalue weighted by Gasteiger charge is -2.45. The molecule has 1 amide bonds. The van der Waals surface area contributed by atoms with Gasteiger partial charge in [0.25, 0.3) is 0 Å². The molecular weight excluding hydrogens is 744 g/mol. The lowest BCUT2D eigenvalue weighted by molar-refractivity contribution is 0.0691. The summed E-state index contributed by atoms with van der Waals surface area (Å²) in [7, 11) is -4.23. The Morgan fingerprint density at radius 3 is 2.24 bits per heavy atom. The number of hydrogen-bond acceptors (Lipinski definition) is 9. The number of anilines is 1. The Morgan fingerprint density at radius 1 is 0.981 bits per heavy atom. The molecule has 0 aliphatic carbocycles. The number of benzene rings is 4. The first kappa shape index (κ1) is 36.8. The van der Waals surface area contributed by atoms with Gasteiger partial charge in [0.05, 0.1) is 33.1 Å². The number of thiazole rings is 1. The fourth-order valence-corrected chi connectivity index (χ4v) is 9.42. The van der Waals surface area contributed by atoms with Gasteiger partial charge in [-0.25, -0.2) is 18.2 Å². The van der Waals surface area contributed by atoms with Gasteiger partial charge in [-0.2, -0.15) is 10.4 Å². The van der Waals surface area contributed by atoms with Gasteiger partial charge in [0.15, 0.2) is 5.82 Å². The quantitative estimate of drug-likeness (QED) is 0.139. The summed E-state index contributed by atoms with van der Waals surface area (Å²) in [4.78, 5) is 18.2. The van der Waals surface area contributed by atoms with Crippen LogP contribution in [0.1, 0.15) is 54.4 Å². The standard InChI is InChI=1S/C40H35ClN6O5S2/c1-40(2,3)36-37(44-38(48)49)45-39(53-36)54(50,51)30-15-17-33(27(20-30)22-42)52-34-16-14-28(41)21-31(34)32-18-19-43-47(32)29-23-46(24-29)35(25-10-6-4-7-11-25)26-12-8-5-9-13-26/h4-21,29,35,44H,23-24H2,1-3H3,(H,48,49). The van der Waals surface area contributed by atoms with E-state index in [2.05, 4.69) is 69.8 Å². The van der Waals surface area contributed by atoms with E-state index in [0.717, 1.165) is 30.1 Å². The van der Waals surface area contributed by atoms with Crippen molar-refractivity contribution in [3.8, 4) is 28.8 Å². The molecule has 274 valence electrons. The van der Waals surface area contributed by atoms with Crippen LogP contribution in [0.4, 0.5) is 10.6 Å². The number of sulfone groups is 1. The summed E-state index contributed by atoms with van der Waals surface area (Å²) < 4.78 is 35.5. The van der Waals surface area contributed by atoms with Gasteiger partial charge in [0.2, 0.25) is 14.2 Å². The van der Waals surface area contributed by atoms with Crippen LogP contribution < -0.4 is 10.1 Å². The van der Waals surface area contributed by atoms with E-state index in [-0.39, 0.29) is 38.4 Å². The Hall–Kier alpha value is -5.52. The molecule has 0 radical (unpaired) electrons. The van der Waals surface area contributed by atoms with Gasteiger partial charge < -0.3 is 9.84 Å². The second-order valence-corrected chi connectivity index (χ2v) is 17.4. The van der Waals surface area contributed by atoms with Crippen LogP contribution in [-0.4, -0.2) is 52.4 Å². The van der Waals surface area contributed by atoms with Gasteiger partial charge in [0.1, 0.15) is 17.6 Å². The molecule has 3 heterocycles. The maximum absolute atomic E-state index is 13.8. The van der Waals surface area contributed by atoms with Gasteiger partial charge >= 0.3 is 6.09 Å². The molecule has 1 fully saturated rings. The molecule has 1 aliphatic heterocycles. The number of likely N-dealkylation sites (tertiary alicyclic amines) is 1. The zero-order valence-corrected chi connectivity index (χ0v) is 31.9. The molecule has 1 saturated heterocycles. The fraction of sp³-hybridized carbons (Fsp3) is 0.200. The molecule has 1 aliphatic rings. The van der Waals surface area contributed by atoms with Crippen LogP contribution >= 0.6 is 22.9 Å². The van der Waals surface area contributed by atoms with Crippen molar-refractivity contribution in [2.45, 2.75) is 47.5 Å². The molecule has 0 bridgehead atoms. The number of nitriles is 1. The van der Waals surface area contributed by atoms with Crippen LogP contribution in [0.2, 0.25) is 5.02 Å². The van der Waals surface area contributed by atoms with Crippen molar-refractivity contribution in [1.29, 1.82) is 5.26 Å². The minimum absolute atomic E-state index is 0.0236. The summed E-state index contributed by atoms with van der Waals surface area (Å²) in [5, 5.41) is 26.8. The minimum Gasteiger partial charge on any atom is -0.465 e. The van der Waals surface area contributed by atoms with E-state index in [1.54, 1.807) is 24.4 Å². The number of rotatable bonds is 10. The first-order valence-corrected chi connectivity index (χ1v) is 19.7. The summed E-state index contributed by atoms with van der Waals surface area (Å²) in [6.07, 6.45) is 0.373. The minimum atomic E-state index is -4.23. The topological polar surface area (TPSA) is 150 Å². The van der Waals surface area contributed by atoms with Crippen LogP contribution in [0.15, 0.2) is 119 Å². The smallest absolute Gasteiger partial charge is 0.410 e. The molecule has 0 spiro atoms. The third-order valence-electron chi connectivity index (χ3n) is 9.07. The first-order valence-electron chi connectivity index (χ1n) is 17.0. The lowest BCUT2D eigenvalue weighted by Crippen LogP contribution is -2.50. The van der Waals surface area contributed by atoms with E-state index >= 15 is 0 Å². The van der Waals surface area contributed by atoms with E-state index < -0.39 is 21.3 Å². The summed E-state index contributed by atoms with van der Waals surface area (Å²) >= 11 is 7.40. The van der Waals surface area contributed by atoms with Gasteiger partial charge in [-0.1, -0.05) is 93.0 Å². The average Bonchev–Trinajstić information content (AvgIpc) is 3.79. The third kappa shape index (κ3) is 7.34. The number of amides is 1. The Morgan fingerprint density at radius 2 is 1.63 bits per heavy atom. The molecule has 4 aromatic carbocycles. The molecule has 6 aromatic rings. The van der Waals surface area contributed by atoms with Crippen LogP contribution in [0.3, 0.4) is 0 Å². The van der Waals surface area contributed by atoms with Crippen LogP contribution in [0.5, 0.6) is 11.5 Å². The van der Waals surface area contributed by atoms with Crippen LogP contribution in [0.25, 0.3) is 11.3 Å². The molecule has 2 aromatic heterocycles. The van der Waals surface area contributed by atoms with Crippen molar-refractivity contribution in [2.75, 3.05) is 18.4 Å². The number of carboxylic acid groups (broad SMARTS) is 1. The largest absolute Gasteiger partial charge is 0.465 e. The number of nitrogens with zero attached hydrogens (tertiary/aromatic N) is 5. The molecule has 0 unspecified atom stereocenters. The number of ether oxygens (including phenoxy) is 1. The van der Waals surface area contributed by atoms with Gasteiger partial charge in [-0.15, -0.1) is 11.3 Å². The number of aromatic nitrogens is 3. The van der Waals surface area contributed by atoms with Crippen molar-refractivity contribution < 1.29 is 23.1 Å². The highest BCUT2D eigenvalue weighted by molar-refractivity contribution is 7.93. The van der Waals surface area contributed by atoms with Crippen molar-refractivity contribution in [3.05, 3.63) is 136 Å². The average molecular weight is 779 g/mol. The molecule has 14 heteroatoms. The summed E-state index contributed by atoms with van der Waals surface area (Å²) in [5.74, 6) is 0.489. The molecule has 0 saturated carbocycles. The number of carbonyl (C=O) groups is 1. The Kier molecular flexibility index (Phi) is 10.0. The fourth-order valence-electron chi connectivity index (χ4n) is 6.53. The number of hydrogen-bond donors (Lipinski definition) is 2. The number of halogens is 1. The van der Waals surface area contributed by atoms with Gasteiger partial charge in [-0.3, -0.25) is 14.9 Å². The molecule has 2 N–H and O–H groups in total. The second kappa shape index (κ2) is 14.7. The summed E-state index contributed by atoms with van der Waals surface area (Å²) in [5.41, 5.74) is 3.23. The van der Waals surface area contributed by atoms with E-state index in [4.69, 9.17) is 21.4 Å². The second-order valence-electron chi connectivity index (χ2n) is 13.8. The predicted molar refractivity (Wildman–Crippen MR) is 207 cm³/mol. The molecule has 54 heavy (non-hydrogen) atoms. The normalized spacial score (nSPS) is 13.7. The van der Waals surface area contributed by atoms with E-state index in [1.807, 2.05) is 43.7 Å². The van der Waals surface area contributed by atoms with E-state index in [1.165, 1.54) is 29.3 Å². The molecule has 7 rings (SSSR count). The predicted octanol–water partition coefficient (Wildman–Crippen LogP) is 9.19. The van der Waals surface area contributed by atoms with Crippen LogP contribution in [-0.2, 0) is 15.3 Å². The molecule has 0 atom stereocenters. The third-order valence-corrected chi connectivity index (χ3v) is 12.9. The van der Waals surface area contributed by atoms with Crippen molar-refractivity contribution in [3.63, 3.8) is 0 Å². The van der Waals surface area contributed by atoms with Crippen molar-refractivity contribution in [2.24, 2.45) is 0 Å². The van der Waals surface area contributed by atoms with Gasteiger partial charge in [-0.05, 0) is 53.6 Å². The zero-order valence-electron chi connectivity index (χ0n) is 29.5. The zero-order chi connectivity index (χ0) is 38.2. The van der Waals surface area contributed by atoms with Crippen molar-refractivity contribution >= 4 is 44.7 Å². The molecule has 11 nitrogen and oxygen atoms in total. The monoisotopic (exact) mass is 778 g/mol. The number of nitrogens with one attached hydrogen (secondary N) is 1. The highest BCUT2D eigenvalue weighted by Crippen LogP contribution is 2.42. The summed E-state index contributed by atoms with van der Waals surface area (Å²) in [6, 6.07) is 34.1. The van der Waals surface area contributed by atoms with Gasteiger partial charge in [0, 0.05) is 35.3 Å². The van der Waals surface area contributed by atoms with E-state index in [9.17, 15) is 23.6 Å². The van der Waals surface area contributed by atoms with Crippen molar-refractivity contribution in [1.82, 2.24) is 19.7 Å². The SMILES string of the molecule is CC(C)(C)c1sc(S(=O)(=O)c2ccc(Oc3ccc(Cl)cc3-c3ccnn3C3CN(C(c4ccccc4)c4ccccc4)C3)c(C#N)c2)nc1NC(=O)O. The Bertz CT molecular complexity index is 2450. The highest BCUT2D eigenvalue weighted by Gasteiger charge is 2.37.